The van der Waals surface area contributed by atoms with Crippen molar-refractivity contribution in [3.8, 4) is 0 Å². The number of nitrogens with zero attached hydrogens (tertiary/aromatic N) is 1. The van der Waals surface area contributed by atoms with Crippen LogP contribution in [0.15, 0.2) is 23.2 Å². The Hall–Kier alpha value is -0.240. The lowest BCUT2D eigenvalue weighted by Crippen LogP contribution is -2.37. The second-order valence-corrected chi connectivity index (χ2v) is 5.24. The van der Waals surface area contributed by atoms with E-state index in [1.165, 1.54) is 0 Å². The summed E-state index contributed by atoms with van der Waals surface area (Å²) in [6.07, 6.45) is 0.278. The summed E-state index contributed by atoms with van der Waals surface area (Å²) >= 11 is 11.8. The summed E-state index contributed by atoms with van der Waals surface area (Å²) in [6, 6.07) is 5.02. The molecule has 4 nitrogen and oxygen atoms in total. The number of nitrogens with one attached hydrogen (secondary N) is 2. The van der Waals surface area contributed by atoms with E-state index in [0.29, 0.717) is 21.6 Å². The summed E-state index contributed by atoms with van der Waals surface area (Å²) in [4.78, 5) is 4.34. The van der Waals surface area contributed by atoms with Gasteiger partial charge in [-0.05, 0) is 37.1 Å². The minimum absolute atomic E-state index is 0. The third-order valence-corrected chi connectivity index (χ3v) is 3.02. The number of hydrogen-bond acceptors (Lipinski definition) is 2. The Morgan fingerprint density at radius 3 is 2.33 bits per heavy atom. The van der Waals surface area contributed by atoms with E-state index in [-0.39, 0.29) is 30.5 Å². The molecule has 0 bridgehead atoms. The molecule has 1 aromatic carbocycles. The predicted molar refractivity (Wildman–Crippen MR) is 101 cm³/mol. The fourth-order valence-electron chi connectivity index (χ4n) is 1.64. The average molecular weight is 446 g/mol. The molecule has 21 heavy (non-hydrogen) atoms. The van der Waals surface area contributed by atoms with Gasteiger partial charge in [-0.3, -0.25) is 4.99 Å². The highest BCUT2D eigenvalue weighted by Gasteiger charge is 2.09. The molecule has 3 N–H and O–H groups in total. The second-order valence-electron chi connectivity index (χ2n) is 4.36. The zero-order chi connectivity index (χ0) is 15.0. The third kappa shape index (κ3) is 8.09. The molecule has 0 saturated carbocycles. The molecule has 0 radical (unpaired) electrons. The molecule has 120 valence electrons. The Morgan fingerprint density at radius 1 is 1.19 bits per heavy atom. The number of halogens is 3. The molecule has 0 aliphatic carbocycles. The van der Waals surface area contributed by atoms with Crippen molar-refractivity contribution < 1.29 is 5.11 Å². The molecule has 0 heterocycles. The largest absolute Gasteiger partial charge is 0.386 e. The van der Waals surface area contributed by atoms with E-state index in [9.17, 15) is 5.11 Å². The third-order valence-electron chi connectivity index (χ3n) is 2.58. The van der Waals surface area contributed by atoms with Gasteiger partial charge in [-0.25, -0.2) is 0 Å². The standard InChI is InChI=1S/C14H21Cl2N3O.HI/c1-3-5-18-14(17-4-2)19-9-13(20)10-6-11(15)8-12(16)7-10;/h6-8,13,20H,3-5,9H2,1-2H3,(H2,17,18,19);1H. The Bertz CT molecular complexity index is 438. The summed E-state index contributed by atoms with van der Waals surface area (Å²) < 4.78 is 0. The molecule has 1 rings (SSSR count). The van der Waals surface area contributed by atoms with E-state index < -0.39 is 6.10 Å². The Labute approximate surface area is 153 Å². The first-order valence-electron chi connectivity index (χ1n) is 6.73. The summed E-state index contributed by atoms with van der Waals surface area (Å²) in [5.74, 6) is 0.696. The van der Waals surface area contributed by atoms with Crippen molar-refractivity contribution in [2.75, 3.05) is 19.6 Å². The predicted octanol–water partition coefficient (Wildman–Crippen LogP) is 3.61. The first kappa shape index (κ1) is 20.8. The van der Waals surface area contributed by atoms with Crippen LogP contribution in [-0.2, 0) is 0 Å². The van der Waals surface area contributed by atoms with Gasteiger partial charge in [-0.1, -0.05) is 30.1 Å². The highest BCUT2D eigenvalue weighted by Crippen LogP contribution is 2.23. The maximum atomic E-state index is 10.1. The lowest BCUT2D eigenvalue weighted by molar-refractivity contribution is 0.187. The van der Waals surface area contributed by atoms with Gasteiger partial charge in [0.1, 0.15) is 0 Å². The molecule has 1 unspecified atom stereocenters. The molecular weight excluding hydrogens is 424 g/mol. The quantitative estimate of drug-likeness (QED) is 0.356. The zero-order valence-corrected chi connectivity index (χ0v) is 16.0. The number of rotatable bonds is 6. The van der Waals surface area contributed by atoms with Gasteiger partial charge in [0.05, 0.1) is 12.6 Å². The van der Waals surface area contributed by atoms with Crippen LogP contribution >= 0.6 is 47.2 Å². The smallest absolute Gasteiger partial charge is 0.191 e. The number of guanidine groups is 1. The fraction of sp³-hybridized carbons (Fsp3) is 0.500. The lowest BCUT2D eigenvalue weighted by Gasteiger charge is -2.13. The van der Waals surface area contributed by atoms with Gasteiger partial charge in [0.15, 0.2) is 5.96 Å². The molecular formula is C14H22Cl2IN3O. The van der Waals surface area contributed by atoms with Gasteiger partial charge in [-0.15, -0.1) is 24.0 Å². The van der Waals surface area contributed by atoms with Crippen LogP contribution in [0, 0.1) is 0 Å². The van der Waals surface area contributed by atoms with Crippen molar-refractivity contribution >= 4 is 53.1 Å². The summed E-state index contributed by atoms with van der Waals surface area (Å²) in [5.41, 5.74) is 0.664. The molecule has 0 spiro atoms. The number of hydrogen-bond donors (Lipinski definition) is 3. The molecule has 7 heteroatoms. The minimum atomic E-state index is -0.733. The SMILES string of the molecule is CCCNC(=NCC(O)c1cc(Cl)cc(Cl)c1)NCC.I. The van der Waals surface area contributed by atoms with Crippen LogP contribution in [-0.4, -0.2) is 30.7 Å². The first-order chi connectivity index (χ1) is 9.56. The topological polar surface area (TPSA) is 56.7 Å². The molecule has 1 atom stereocenters. The maximum absolute atomic E-state index is 10.1. The summed E-state index contributed by atoms with van der Waals surface area (Å²) in [6.45, 7) is 5.94. The van der Waals surface area contributed by atoms with E-state index in [1.54, 1.807) is 18.2 Å². The number of aliphatic imine (C=N–C) groups is 1. The fourth-order valence-corrected chi connectivity index (χ4v) is 2.18. The zero-order valence-electron chi connectivity index (χ0n) is 12.2. The van der Waals surface area contributed by atoms with Gasteiger partial charge in [0, 0.05) is 23.1 Å². The van der Waals surface area contributed by atoms with E-state index in [4.69, 9.17) is 23.2 Å². The van der Waals surface area contributed by atoms with E-state index >= 15 is 0 Å². The van der Waals surface area contributed by atoms with Crippen molar-refractivity contribution in [1.29, 1.82) is 0 Å². The minimum Gasteiger partial charge on any atom is -0.386 e. The van der Waals surface area contributed by atoms with Gasteiger partial charge >= 0.3 is 0 Å². The normalized spacial score (nSPS) is 12.5. The van der Waals surface area contributed by atoms with E-state index in [1.807, 2.05) is 6.92 Å². The van der Waals surface area contributed by atoms with Gasteiger partial charge < -0.3 is 15.7 Å². The highest BCUT2D eigenvalue weighted by molar-refractivity contribution is 14.0. The average Bonchev–Trinajstić information content (AvgIpc) is 2.40. The van der Waals surface area contributed by atoms with Crippen molar-refractivity contribution in [1.82, 2.24) is 10.6 Å². The second kappa shape index (κ2) is 11.3. The van der Waals surface area contributed by atoms with Crippen LogP contribution < -0.4 is 10.6 Å². The highest BCUT2D eigenvalue weighted by atomic mass is 127. The Morgan fingerprint density at radius 2 is 1.81 bits per heavy atom. The number of benzene rings is 1. The summed E-state index contributed by atoms with van der Waals surface area (Å²) in [7, 11) is 0. The monoisotopic (exact) mass is 445 g/mol. The van der Waals surface area contributed by atoms with E-state index in [2.05, 4.69) is 22.5 Å². The molecule has 0 saturated heterocycles. The van der Waals surface area contributed by atoms with Crippen molar-refractivity contribution in [2.24, 2.45) is 4.99 Å². The molecule has 0 fully saturated rings. The van der Waals surface area contributed by atoms with Crippen molar-refractivity contribution in [3.63, 3.8) is 0 Å². The first-order valence-corrected chi connectivity index (χ1v) is 7.48. The van der Waals surface area contributed by atoms with Crippen LogP contribution in [0.3, 0.4) is 0 Å². The number of aliphatic hydroxyl groups excluding tert-OH is 1. The molecule has 0 aromatic heterocycles. The molecule has 0 aliphatic rings. The van der Waals surface area contributed by atoms with Crippen LogP contribution in [0.1, 0.15) is 31.9 Å². The molecule has 0 amide bonds. The van der Waals surface area contributed by atoms with Gasteiger partial charge in [-0.2, -0.15) is 0 Å². The van der Waals surface area contributed by atoms with Gasteiger partial charge in [0.2, 0.25) is 0 Å². The van der Waals surface area contributed by atoms with Crippen LogP contribution in [0.5, 0.6) is 0 Å². The molecule has 1 aromatic rings. The Kier molecular flexibility index (Phi) is 11.2. The maximum Gasteiger partial charge on any atom is 0.191 e. The van der Waals surface area contributed by atoms with Crippen LogP contribution in [0.2, 0.25) is 10.0 Å². The number of aliphatic hydroxyl groups is 1. The lowest BCUT2D eigenvalue weighted by atomic mass is 10.1. The van der Waals surface area contributed by atoms with Gasteiger partial charge in [0.25, 0.3) is 0 Å². The summed E-state index contributed by atoms with van der Waals surface area (Å²) in [5, 5.41) is 17.4. The van der Waals surface area contributed by atoms with Crippen LogP contribution in [0.4, 0.5) is 0 Å². The molecule has 0 aliphatic heterocycles. The van der Waals surface area contributed by atoms with E-state index in [0.717, 1.165) is 19.5 Å². The Balaban J connectivity index is 0.00000400. The van der Waals surface area contributed by atoms with Crippen LogP contribution in [0.25, 0.3) is 0 Å². The van der Waals surface area contributed by atoms with Crippen molar-refractivity contribution in [3.05, 3.63) is 33.8 Å². The van der Waals surface area contributed by atoms with Crippen molar-refractivity contribution in [2.45, 2.75) is 26.4 Å².